The second kappa shape index (κ2) is 7.45. The molecule has 26 heavy (non-hydrogen) atoms. The minimum Gasteiger partial charge on any atom is -0.486 e. The van der Waals surface area contributed by atoms with Gasteiger partial charge in [-0.1, -0.05) is 6.07 Å². The Labute approximate surface area is 155 Å². The summed E-state index contributed by atoms with van der Waals surface area (Å²) in [5.41, 5.74) is 1.28. The van der Waals surface area contributed by atoms with Crippen LogP contribution in [0.15, 0.2) is 18.2 Å². The molecule has 5 rings (SSSR count). The maximum atomic E-state index is 12.1. The molecule has 0 spiro atoms. The van der Waals surface area contributed by atoms with Crippen molar-refractivity contribution in [3.63, 3.8) is 0 Å². The number of piperidine rings is 1. The number of likely N-dealkylation sites (N-methyl/N-ethyl adjacent to an activating group) is 1. The Kier molecular flexibility index (Phi) is 5.05. The summed E-state index contributed by atoms with van der Waals surface area (Å²) in [6.07, 6.45) is 2.50. The predicted molar refractivity (Wildman–Crippen MR) is 99.5 cm³/mol. The molecule has 4 aliphatic heterocycles. The van der Waals surface area contributed by atoms with Crippen LogP contribution in [0.25, 0.3) is 0 Å². The van der Waals surface area contributed by atoms with Crippen LogP contribution in [-0.2, 0) is 11.3 Å². The second-order valence-corrected chi connectivity index (χ2v) is 7.99. The maximum Gasteiger partial charge on any atom is 0.236 e. The van der Waals surface area contributed by atoms with E-state index in [1.54, 1.807) is 4.90 Å². The zero-order valence-electron chi connectivity index (χ0n) is 15.8. The van der Waals surface area contributed by atoms with Crippen molar-refractivity contribution in [3.8, 4) is 11.5 Å². The van der Waals surface area contributed by atoms with Crippen molar-refractivity contribution in [3.05, 3.63) is 23.8 Å². The van der Waals surface area contributed by atoms with Gasteiger partial charge in [0.05, 0.1) is 6.54 Å². The minimum absolute atomic E-state index is 0.199. The molecule has 0 N–H and O–H groups in total. The van der Waals surface area contributed by atoms with Gasteiger partial charge in [0.25, 0.3) is 0 Å². The van der Waals surface area contributed by atoms with Crippen LogP contribution in [-0.4, -0.2) is 80.1 Å². The lowest BCUT2D eigenvalue weighted by Crippen LogP contribution is -2.44. The van der Waals surface area contributed by atoms with E-state index in [1.807, 2.05) is 20.2 Å². The van der Waals surface area contributed by atoms with Crippen LogP contribution in [0.2, 0.25) is 0 Å². The Morgan fingerprint density at radius 1 is 1.12 bits per heavy atom. The van der Waals surface area contributed by atoms with Gasteiger partial charge in [0.1, 0.15) is 13.2 Å². The van der Waals surface area contributed by atoms with Gasteiger partial charge in [-0.25, -0.2) is 0 Å². The molecule has 6 nitrogen and oxygen atoms in total. The van der Waals surface area contributed by atoms with E-state index in [9.17, 15) is 4.79 Å². The van der Waals surface area contributed by atoms with Crippen molar-refractivity contribution in [1.82, 2.24) is 14.7 Å². The predicted octanol–water partition coefficient (Wildman–Crippen LogP) is 1.44. The van der Waals surface area contributed by atoms with Crippen molar-refractivity contribution in [2.45, 2.75) is 25.4 Å². The van der Waals surface area contributed by atoms with E-state index in [-0.39, 0.29) is 5.91 Å². The quantitative estimate of drug-likeness (QED) is 0.814. The summed E-state index contributed by atoms with van der Waals surface area (Å²) in [7, 11) is 3.67. The first kappa shape index (κ1) is 17.6. The Balaban J connectivity index is 1.43. The van der Waals surface area contributed by atoms with Gasteiger partial charge < -0.3 is 14.4 Å². The Bertz CT molecular complexity index is 664. The highest BCUT2D eigenvalue weighted by atomic mass is 16.6. The molecular weight excluding hydrogens is 330 g/mol. The van der Waals surface area contributed by atoms with Crippen LogP contribution >= 0.6 is 0 Å². The number of benzene rings is 1. The van der Waals surface area contributed by atoms with Crippen LogP contribution in [0.5, 0.6) is 11.5 Å². The fraction of sp³-hybridized carbons (Fsp3) is 0.650. The molecule has 1 aromatic rings. The van der Waals surface area contributed by atoms with E-state index < -0.39 is 0 Å². The highest BCUT2D eigenvalue weighted by Crippen LogP contribution is 2.33. The molecule has 0 aromatic heterocycles. The number of hydrogen-bond donors (Lipinski definition) is 0. The highest BCUT2D eigenvalue weighted by molar-refractivity contribution is 5.77. The first-order valence-corrected chi connectivity index (χ1v) is 9.63. The first-order valence-electron chi connectivity index (χ1n) is 9.63. The lowest BCUT2D eigenvalue weighted by molar-refractivity contribution is -0.130. The largest absolute Gasteiger partial charge is 0.486 e. The third-order valence-corrected chi connectivity index (χ3v) is 5.75. The van der Waals surface area contributed by atoms with Gasteiger partial charge >= 0.3 is 0 Å². The van der Waals surface area contributed by atoms with E-state index >= 15 is 0 Å². The van der Waals surface area contributed by atoms with Crippen molar-refractivity contribution < 1.29 is 14.3 Å². The zero-order valence-corrected chi connectivity index (χ0v) is 15.8. The van der Waals surface area contributed by atoms with Crippen LogP contribution in [0.4, 0.5) is 0 Å². The van der Waals surface area contributed by atoms with Crippen molar-refractivity contribution >= 4 is 5.91 Å². The molecular formula is C20H29N3O3. The highest BCUT2D eigenvalue weighted by Gasteiger charge is 2.35. The van der Waals surface area contributed by atoms with Crippen molar-refractivity contribution in [2.75, 3.05) is 53.5 Å². The zero-order chi connectivity index (χ0) is 18.1. The van der Waals surface area contributed by atoms with Crippen molar-refractivity contribution in [2.24, 2.45) is 5.92 Å². The van der Waals surface area contributed by atoms with Crippen LogP contribution in [0.1, 0.15) is 18.4 Å². The number of fused-ring (bicyclic) bond motifs is 5. The fourth-order valence-corrected chi connectivity index (χ4v) is 4.35. The monoisotopic (exact) mass is 359 g/mol. The number of carbonyl (C=O) groups is 1. The smallest absolute Gasteiger partial charge is 0.236 e. The summed E-state index contributed by atoms with van der Waals surface area (Å²) in [5.74, 6) is 2.57. The molecule has 1 amide bonds. The summed E-state index contributed by atoms with van der Waals surface area (Å²) < 4.78 is 11.4. The Hall–Kier alpha value is -1.79. The summed E-state index contributed by atoms with van der Waals surface area (Å²) in [6, 6.07) is 6.83. The number of nitrogens with zero attached hydrogens (tertiary/aromatic N) is 3. The topological polar surface area (TPSA) is 45.3 Å². The molecule has 4 aliphatic rings. The van der Waals surface area contributed by atoms with Gasteiger partial charge in [0.15, 0.2) is 11.5 Å². The summed E-state index contributed by atoms with van der Waals surface area (Å²) >= 11 is 0. The number of amides is 1. The maximum absolute atomic E-state index is 12.1. The molecule has 3 saturated heterocycles. The minimum atomic E-state index is 0.199. The third kappa shape index (κ3) is 3.81. The molecule has 1 aromatic carbocycles. The van der Waals surface area contributed by atoms with Gasteiger partial charge in [0, 0.05) is 46.3 Å². The molecule has 0 saturated carbocycles. The lowest BCUT2D eigenvalue weighted by atomic mass is 9.94. The van der Waals surface area contributed by atoms with Crippen LogP contribution < -0.4 is 9.47 Å². The van der Waals surface area contributed by atoms with E-state index in [1.165, 1.54) is 18.4 Å². The fourth-order valence-electron chi connectivity index (χ4n) is 4.35. The molecule has 2 atom stereocenters. The Morgan fingerprint density at radius 2 is 1.92 bits per heavy atom. The molecule has 6 heteroatoms. The average Bonchev–Trinajstić information content (AvgIpc) is 2.92. The third-order valence-electron chi connectivity index (χ3n) is 5.75. The molecule has 142 valence electrons. The average molecular weight is 359 g/mol. The van der Waals surface area contributed by atoms with Gasteiger partial charge in [-0.3, -0.25) is 14.6 Å². The molecule has 0 radical (unpaired) electrons. The number of ether oxygens (including phenoxy) is 2. The molecule has 2 bridgehead atoms. The van der Waals surface area contributed by atoms with Gasteiger partial charge in [-0.05, 0) is 36.5 Å². The molecule has 3 fully saturated rings. The van der Waals surface area contributed by atoms with E-state index in [0.29, 0.717) is 31.7 Å². The van der Waals surface area contributed by atoms with E-state index in [2.05, 4.69) is 21.9 Å². The molecule has 4 heterocycles. The van der Waals surface area contributed by atoms with E-state index in [4.69, 9.17) is 9.47 Å². The summed E-state index contributed by atoms with van der Waals surface area (Å²) in [4.78, 5) is 18.8. The number of rotatable bonds is 4. The van der Waals surface area contributed by atoms with Crippen LogP contribution in [0, 0.1) is 5.92 Å². The standard InChI is InChI=1S/C20H29N3O3/c1-21(2)20(24)14-22-10-16-3-5-17(13-22)23(12-16)11-15-4-6-18-19(9-15)26-8-7-25-18/h4,6,9,16-17H,3,5,7-8,10-14H2,1-2H3/t16-,17+/m1/s1. The summed E-state index contributed by atoms with van der Waals surface area (Å²) in [6.45, 7) is 5.87. The van der Waals surface area contributed by atoms with E-state index in [0.717, 1.165) is 37.7 Å². The summed E-state index contributed by atoms with van der Waals surface area (Å²) in [5, 5.41) is 0. The molecule has 0 unspecified atom stereocenters. The van der Waals surface area contributed by atoms with Gasteiger partial charge in [-0.2, -0.15) is 0 Å². The lowest BCUT2D eigenvalue weighted by Gasteiger charge is -2.36. The second-order valence-electron chi connectivity index (χ2n) is 7.99. The normalized spacial score (nSPS) is 25.8. The van der Waals surface area contributed by atoms with Gasteiger partial charge in [-0.15, -0.1) is 0 Å². The van der Waals surface area contributed by atoms with Crippen molar-refractivity contribution in [1.29, 1.82) is 0 Å². The number of carbonyl (C=O) groups excluding carboxylic acids is 1. The van der Waals surface area contributed by atoms with Gasteiger partial charge in [0.2, 0.25) is 5.91 Å². The SMILES string of the molecule is CN(C)C(=O)CN1C[C@H]2CC[C@@H](C1)N(Cc1ccc3c(c1)OCCO3)C2. The number of hydrogen-bond acceptors (Lipinski definition) is 5. The molecule has 0 aliphatic carbocycles. The Morgan fingerprint density at radius 3 is 2.73 bits per heavy atom. The van der Waals surface area contributed by atoms with Crippen LogP contribution in [0.3, 0.4) is 0 Å². The first-order chi connectivity index (χ1) is 12.6.